The number of nitrogens with one attached hydrogen (secondary N) is 1. The number of carbonyl (C=O) groups is 1. The third kappa shape index (κ3) is 3.62. The molecule has 0 bridgehead atoms. The van der Waals surface area contributed by atoms with Crippen LogP contribution in [-0.2, 0) is 4.79 Å². The van der Waals surface area contributed by atoms with Crippen molar-refractivity contribution in [3.05, 3.63) is 46.4 Å². The van der Waals surface area contributed by atoms with Gasteiger partial charge in [0.05, 0.1) is 10.2 Å². The third-order valence-electron chi connectivity index (χ3n) is 3.20. The van der Waals surface area contributed by atoms with Gasteiger partial charge in [-0.1, -0.05) is 29.5 Å². The summed E-state index contributed by atoms with van der Waals surface area (Å²) in [5.74, 6) is 0.478. The molecule has 5 nitrogen and oxygen atoms in total. The lowest BCUT2D eigenvalue weighted by Gasteiger charge is -2.09. The Balaban J connectivity index is 1.69. The summed E-state index contributed by atoms with van der Waals surface area (Å²) >= 11 is 4.82. The summed E-state index contributed by atoms with van der Waals surface area (Å²) < 4.78 is 7.24. The number of aryl methyl sites for hydroxylation is 1. The molecule has 0 unspecified atom stereocenters. The minimum absolute atomic E-state index is 0.0503. The lowest BCUT2D eigenvalue weighted by atomic mass is 10.2. The number of anilines is 2. The van der Waals surface area contributed by atoms with Crippen molar-refractivity contribution in [2.24, 2.45) is 0 Å². The first-order chi connectivity index (χ1) is 11.0. The van der Waals surface area contributed by atoms with Crippen molar-refractivity contribution in [3.8, 4) is 5.75 Å². The molecule has 3 aromatic rings. The minimum Gasteiger partial charge on any atom is -0.483 e. The van der Waals surface area contributed by atoms with E-state index in [4.69, 9.17) is 10.5 Å². The molecule has 3 N–H and O–H groups in total. The molecular formula is C16H14BrN3O2S. The second-order valence-electron chi connectivity index (χ2n) is 4.96. The highest BCUT2D eigenvalue weighted by Crippen LogP contribution is 2.32. The van der Waals surface area contributed by atoms with Gasteiger partial charge in [0.15, 0.2) is 11.7 Å². The number of fused-ring (bicyclic) bond motifs is 1. The van der Waals surface area contributed by atoms with E-state index in [9.17, 15) is 4.79 Å². The van der Waals surface area contributed by atoms with Gasteiger partial charge < -0.3 is 15.8 Å². The Labute approximate surface area is 145 Å². The van der Waals surface area contributed by atoms with E-state index in [0.29, 0.717) is 16.6 Å². The summed E-state index contributed by atoms with van der Waals surface area (Å²) in [5, 5.41) is 3.31. The molecule has 0 aliphatic rings. The number of thiazole rings is 1. The van der Waals surface area contributed by atoms with Gasteiger partial charge in [-0.3, -0.25) is 4.79 Å². The summed E-state index contributed by atoms with van der Waals surface area (Å²) in [4.78, 5) is 16.3. The summed E-state index contributed by atoms with van der Waals surface area (Å²) in [6.07, 6.45) is 0. The molecule has 7 heteroatoms. The highest BCUT2D eigenvalue weighted by Gasteiger charge is 2.10. The molecule has 23 heavy (non-hydrogen) atoms. The van der Waals surface area contributed by atoms with Gasteiger partial charge in [0.25, 0.3) is 5.91 Å². The molecule has 0 fully saturated rings. The van der Waals surface area contributed by atoms with Crippen molar-refractivity contribution in [2.75, 3.05) is 17.7 Å². The number of ether oxygens (including phenoxy) is 1. The second-order valence-corrected chi connectivity index (χ2v) is 6.88. The van der Waals surface area contributed by atoms with E-state index in [1.807, 2.05) is 37.3 Å². The average Bonchev–Trinajstić information content (AvgIpc) is 2.87. The number of halogens is 1. The number of para-hydroxylation sites is 1. The van der Waals surface area contributed by atoms with Crippen molar-refractivity contribution in [1.82, 2.24) is 4.98 Å². The number of carbonyl (C=O) groups excluding carboxylic acids is 1. The van der Waals surface area contributed by atoms with Crippen LogP contribution in [0.25, 0.3) is 10.2 Å². The molecule has 0 saturated heterocycles. The Bertz CT molecular complexity index is 879. The first-order valence-electron chi connectivity index (χ1n) is 6.87. The molecule has 1 heterocycles. The summed E-state index contributed by atoms with van der Waals surface area (Å²) in [5.41, 5.74) is 8.17. The monoisotopic (exact) mass is 391 g/mol. The summed E-state index contributed by atoms with van der Waals surface area (Å²) in [6.45, 7) is 1.89. The molecule has 0 saturated carbocycles. The predicted octanol–water partition coefficient (Wildman–Crippen LogP) is 3.97. The van der Waals surface area contributed by atoms with Gasteiger partial charge in [-0.05, 0) is 46.6 Å². The van der Waals surface area contributed by atoms with Crippen LogP contribution < -0.4 is 15.8 Å². The zero-order chi connectivity index (χ0) is 16.4. The van der Waals surface area contributed by atoms with Crippen LogP contribution >= 0.6 is 27.3 Å². The van der Waals surface area contributed by atoms with Crippen molar-refractivity contribution in [1.29, 1.82) is 0 Å². The van der Waals surface area contributed by atoms with Gasteiger partial charge in [-0.15, -0.1) is 0 Å². The number of nitrogen functional groups attached to an aromatic ring is 1. The lowest BCUT2D eigenvalue weighted by molar-refractivity contribution is -0.118. The first-order valence-corrected chi connectivity index (χ1v) is 8.48. The topological polar surface area (TPSA) is 77.2 Å². The number of nitrogens with zero attached hydrogens (tertiary/aromatic N) is 1. The Morgan fingerprint density at radius 1 is 1.39 bits per heavy atom. The average molecular weight is 392 g/mol. The molecule has 0 aliphatic heterocycles. The first kappa shape index (κ1) is 15.8. The molecule has 1 amide bonds. The summed E-state index contributed by atoms with van der Waals surface area (Å²) in [6, 6.07) is 11.2. The van der Waals surface area contributed by atoms with E-state index in [0.717, 1.165) is 20.3 Å². The Hall–Kier alpha value is -2.12. The van der Waals surface area contributed by atoms with Crippen molar-refractivity contribution in [2.45, 2.75) is 6.92 Å². The molecule has 118 valence electrons. The maximum absolute atomic E-state index is 12.1. The largest absolute Gasteiger partial charge is 0.483 e. The Morgan fingerprint density at radius 2 is 2.17 bits per heavy atom. The van der Waals surface area contributed by atoms with Crippen molar-refractivity contribution in [3.63, 3.8) is 0 Å². The number of amides is 1. The fraction of sp³-hybridized carbons (Fsp3) is 0.125. The normalized spacial score (nSPS) is 10.7. The fourth-order valence-corrected chi connectivity index (χ4v) is 3.62. The molecule has 0 atom stereocenters. The highest BCUT2D eigenvalue weighted by molar-refractivity contribution is 9.10. The van der Waals surface area contributed by atoms with Gasteiger partial charge >= 0.3 is 0 Å². The van der Waals surface area contributed by atoms with E-state index in [1.165, 1.54) is 11.3 Å². The number of benzene rings is 2. The van der Waals surface area contributed by atoms with Crippen LogP contribution in [0.5, 0.6) is 5.75 Å². The Morgan fingerprint density at radius 3 is 2.96 bits per heavy atom. The zero-order valence-electron chi connectivity index (χ0n) is 12.3. The van der Waals surface area contributed by atoms with Crippen molar-refractivity contribution >= 4 is 54.2 Å². The van der Waals surface area contributed by atoms with Crippen LogP contribution in [0.4, 0.5) is 10.8 Å². The van der Waals surface area contributed by atoms with E-state index in [-0.39, 0.29) is 12.5 Å². The quantitative estimate of drug-likeness (QED) is 0.705. The maximum Gasteiger partial charge on any atom is 0.262 e. The van der Waals surface area contributed by atoms with Gasteiger partial charge in [-0.25, -0.2) is 4.98 Å². The van der Waals surface area contributed by atoms with Crippen LogP contribution in [0, 0.1) is 6.92 Å². The SMILES string of the molecule is Cc1ccccc1OCC(=O)Nc1cc(Br)c2nc(N)sc2c1. The maximum atomic E-state index is 12.1. The molecule has 0 spiro atoms. The highest BCUT2D eigenvalue weighted by atomic mass is 79.9. The van der Waals surface area contributed by atoms with Gasteiger partial charge in [0, 0.05) is 10.2 Å². The molecule has 0 radical (unpaired) electrons. The minimum atomic E-state index is -0.225. The van der Waals surface area contributed by atoms with Crippen molar-refractivity contribution < 1.29 is 9.53 Å². The molecular weight excluding hydrogens is 378 g/mol. The molecule has 1 aromatic heterocycles. The van der Waals surface area contributed by atoms with E-state index < -0.39 is 0 Å². The lowest BCUT2D eigenvalue weighted by Crippen LogP contribution is -2.20. The number of nitrogens with two attached hydrogens (primary N) is 1. The van der Waals surface area contributed by atoms with Gasteiger partial charge in [0.2, 0.25) is 0 Å². The van der Waals surface area contributed by atoms with E-state index in [2.05, 4.69) is 26.2 Å². The fourth-order valence-electron chi connectivity index (χ4n) is 2.14. The van der Waals surface area contributed by atoms with Crippen LogP contribution in [0.1, 0.15) is 5.56 Å². The van der Waals surface area contributed by atoms with Gasteiger partial charge in [0.1, 0.15) is 5.75 Å². The number of hydrogen-bond donors (Lipinski definition) is 2. The standard InChI is InChI=1S/C16H14BrN3O2S/c1-9-4-2-3-5-12(9)22-8-14(21)19-10-6-11(17)15-13(7-10)23-16(18)20-15/h2-7H,8H2,1H3,(H2,18,20)(H,19,21). The smallest absolute Gasteiger partial charge is 0.262 e. The molecule has 0 aliphatic carbocycles. The molecule has 3 rings (SSSR count). The number of rotatable bonds is 4. The Kier molecular flexibility index (Phi) is 4.49. The second kappa shape index (κ2) is 6.55. The molecule has 2 aromatic carbocycles. The third-order valence-corrected chi connectivity index (χ3v) is 4.64. The predicted molar refractivity (Wildman–Crippen MR) is 97.0 cm³/mol. The van der Waals surface area contributed by atoms with E-state index >= 15 is 0 Å². The van der Waals surface area contributed by atoms with Crippen LogP contribution in [0.15, 0.2) is 40.9 Å². The van der Waals surface area contributed by atoms with Crippen LogP contribution in [-0.4, -0.2) is 17.5 Å². The zero-order valence-corrected chi connectivity index (χ0v) is 14.7. The van der Waals surface area contributed by atoms with Gasteiger partial charge in [-0.2, -0.15) is 0 Å². The van der Waals surface area contributed by atoms with Crippen LogP contribution in [0.2, 0.25) is 0 Å². The van der Waals surface area contributed by atoms with E-state index in [1.54, 1.807) is 6.07 Å². The number of aromatic nitrogens is 1. The summed E-state index contributed by atoms with van der Waals surface area (Å²) in [7, 11) is 0. The number of hydrogen-bond acceptors (Lipinski definition) is 5. The van der Waals surface area contributed by atoms with Crippen LogP contribution in [0.3, 0.4) is 0 Å².